The maximum absolute atomic E-state index is 13.2. The maximum atomic E-state index is 13.2. The molecule has 0 aliphatic heterocycles. The van der Waals surface area contributed by atoms with Crippen molar-refractivity contribution in [1.29, 1.82) is 0 Å². The topological polar surface area (TPSA) is 68.0 Å². The number of aromatic nitrogens is 1. The van der Waals surface area contributed by atoms with Crippen molar-refractivity contribution in [2.75, 3.05) is 5.73 Å². The minimum atomic E-state index is -0.591. The third-order valence-electron chi connectivity index (χ3n) is 2.39. The summed E-state index contributed by atoms with van der Waals surface area (Å²) in [6.07, 6.45) is 0. The number of thiazole rings is 1. The Hall–Kier alpha value is -1.95. The third-order valence-corrected chi connectivity index (χ3v) is 3.22. The predicted octanol–water partition coefficient (Wildman–Crippen LogP) is 2.10. The van der Waals surface area contributed by atoms with E-state index in [1.807, 2.05) is 12.3 Å². The van der Waals surface area contributed by atoms with E-state index in [2.05, 4.69) is 10.3 Å². The second-order valence-corrected chi connectivity index (χ2v) is 4.80. The molecule has 0 atom stereocenters. The van der Waals surface area contributed by atoms with Crippen LogP contribution in [0.3, 0.4) is 0 Å². The van der Waals surface area contributed by atoms with Crippen LogP contribution in [0.1, 0.15) is 21.1 Å². The highest BCUT2D eigenvalue weighted by molar-refractivity contribution is 7.09. The van der Waals surface area contributed by atoms with Crippen molar-refractivity contribution in [2.24, 2.45) is 0 Å². The maximum Gasteiger partial charge on any atom is 0.253 e. The lowest BCUT2D eigenvalue weighted by molar-refractivity contribution is 0.0951. The van der Waals surface area contributed by atoms with Crippen molar-refractivity contribution in [3.8, 4) is 0 Å². The molecule has 1 aromatic heterocycles. The fourth-order valence-corrected chi connectivity index (χ4v) is 2.10. The Kier molecular flexibility index (Phi) is 3.57. The molecule has 0 fully saturated rings. The average Bonchev–Trinajstić information content (AvgIpc) is 2.76. The molecule has 4 nitrogen and oxygen atoms in total. The van der Waals surface area contributed by atoms with Crippen LogP contribution in [-0.2, 0) is 6.54 Å². The highest BCUT2D eigenvalue weighted by atomic mass is 32.1. The summed E-state index contributed by atoms with van der Waals surface area (Å²) in [5.41, 5.74) is 6.29. The molecule has 0 aliphatic carbocycles. The van der Waals surface area contributed by atoms with E-state index in [4.69, 9.17) is 5.73 Å². The molecule has 94 valence electrons. The fourth-order valence-electron chi connectivity index (χ4n) is 1.49. The number of nitrogens with one attached hydrogen (secondary N) is 1. The molecule has 18 heavy (non-hydrogen) atoms. The van der Waals surface area contributed by atoms with Crippen molar-refractivity contribution in [1.82, 2.24) is 10.3 Å². The summed E-state index contributed by atoms with van der Waals surface area (Å²) in [7, 11) is 0. The van der Waals surface area contributed by atoms with E-state index in [0.29, 0.717) is 6.54 Å². The van der Waals surface area contributed by atoms with Crippen LogP contribution < -0.4 is 11.1 Å². The molecule has 0 unspecified atom stereocenters. The zero-order chi connectivity index (χ0) is 13.1. The van der Waals surface area contributed by atoms with Gasteiger partial charge in [-0.2, -0.15) is 0 Å². The quantitative estimate of drug-likeness (QED) is 0.835. The number of rotatable bonds is 3. The van der Waals surface area contributed by atoms with E-state index in [1.165, 1.54) is 29.5 Å². The van der Waals surface area contributed by atoms with Gasteiger partial charge in [0, 0.05) is 5.38 Å². The molecule has 1 heterocycles. The molecule has 0 bridgehead atoms. The van der Waals surface area contributed by atoms with Crippen LogP contribution in [0.2, 0.25) is 0 Å². The number of carbonyl (C=O) groups is 1. The highest BCUT2D eigenvalue weighted by Gasteiger charge is 2.12. The number of aryl methyl sites for hydroxylation is 1. The van der Waals surface area contributed by atoms with Gasteiger partial charge in [0.15, 0.2) is 0 Å². The van der Waals surface area contributed by atoms with E-state index in [0.717, 1.165) is 10.7 Å². The van der Waals surface area contributed by atoms with Gasteiger partial charge in [0.1, 0.15) is 5.82 Å². The van der Waals surface area contributed by atoms with Gasteiger partial charge >= 0.3 is 0 Å². The molecule has 0 saturated heterocycles. The van der Waals surface area contributed by atoms with Crippen LogP contribution in [0.15, 0.2) is 23.6 Å². The van der Waals surface area contributed by atoms with Gasteiger partial charge in [0.2, 0.25) is 0 Å². The monoisotopic (exact) mass is 265 g/mol. The van der Waals surface area contributed by atoms with Gasteiger partial charge in [-0.3, -0.25) is 4.79 Å². The number of para-hydroxylation sites is 1. The Morgan fingerprint density at radius 3 is 3.00 bits per heavy atom. The zero-order valence-electron chi connectivity index (χ0n) is 9.74. The molecule has 2 rings (SSSR count). The lowest BCUT2D eigenvalue weighted by atomic mass is 10.1. The first-order valence-electron chi connectivity index (χ1n) is 5.31. The Morgan fingerprint density at radius 1 is 1.56 bits per heavy atom. The molecule has 3 N–H and O–H groups in total. The molecule has 1 aromatic carbocycles. The van der Waals surface area contributed by atoms with Gasteiger partial charge < -0.3 is 11.1 Å². The summed E-state index contributed by atoms with van der Waals surface area (Å²) in [6.45, 7) is 2.19. The molecule has 0 aliphatic rings. The molecule has 0 spiro atoms. The Labute approximate surface area is 108 Å². The van der Waals surface area contributed by atoms with Gasteiger partial charge in [0.25, 0.3) is 5.91 Å². The summed E-state index contributed by atoms with van der Waals surface area (Å²) >= 11 is 1.51. The summed E-state index contributed by atoms with van der Waals surface area (Å²) in [5, 5.41) is 5.46. The number of carbonyl (C=O) groups excluding carboxylic acids is 1. The number of nitrogens with two attached hydrogens (primary N) is 1. The van der Waals surface area contributed by atoms with Gasteiger partial charge in [-0.1, -0.05) is 6.07 Å². The first-order chi connectivity index (χ1) is 8.58. The van der Waals surface area contributed by atoms with Gasteiger partial charge in [-0.15, -0.1) is 11.3 Å². The van der Waals surface area contributed by atoms with Crippen molar-refractivity contribution in [2.45, 2.75) is 13.5 Å². The number of nitrogen functional groups attached to an aromatic ring is 1. The van der Waals surface area contributed by atoms with E-state index in [1.54, 1.807) is 0 Å². The molecule has 2 aromatic rings. The number of nitrogens with zero attached hydrogens (tertiary/aromatic N) is 1. The smallest absolute Gasteiger partial charge is 0.253 e. The lowest BCUT2D eigenvalue weighted by Crippen LogP contribution is -2.24. The first kappa shape index (κ1) is 12.5. The van der Waals surface area contributed by atoms with Crippen molar-refractivity contribution in [3.05, 3.63) is 45.7 Å². The largest absolute Gasteiger partial charge is 0.396 e. The van der Waals surface area contributed by atoms with Crippen molar-refractivity contribution < 1.29 is 9.18 Å². The second-order valence-electron chi connectivity index (χ2n) is 3.74. The van der Waals surface area contributed by atoms with Crippen LogP contribution in [-0.4, -0.2) is 10.9 Å². The summed E-state index contributed by atoms with van der Waals surface area (Å²) < 4.78 is 13.2. The van der Waals surface area contributed by atoms with Gasteiger partial charge in [-0.25, -0.2) is 9.37 Å². The minimum Gasteiger partial charge on any atom is -0.396 e. The van der Waals surface area contributed by atoms with Crippen LogP contribution in [0, 0.1) is 12.7 Å². The van der Waals surface area contributed by atoms with Crippen LogP contribution in [0.5, 0.6) is 0 Å². The highest BCUT2D eigenvalue weighted by Crippen LogP contribution is 2.15. The molecular weight excluding hydrogens is 253 g/mol. The number of amides is 1. The Balaban J connectivity index is 2.06. The molecule has 0 radical (unpaired) electrons. The predicted molar refractivity (Wildman–Crippen MR) is 68.8 cm³/mol. The summed E-state index contributed by atoms with van der Waals surface area (Å²) in [5.74, 6) is -0.996. The SMILES string of the molecule is Cc1nc(CNC(=O)c2cccc(F)c2N)cs1. The minimum absolute atomic E-state index is 0.135. The van der Waals surface area contributed by atoms with Crippen LogP contribution in [0.25, 0.3) is 0 Å². The van der Waals surface area contributed by atoms with E-state index in [9.17, 15) is 9.18 Å². The first-order valence-corrected chi connectivity index (χ1v) is 6.19. The zero-order valence-corrected chi connectivity index (χ0v) is 10.6. The number of benzene rings is 1. The molecular formula is C12H12FN3OS. The lowest BCUT2D eigenvalue weighted by Gasteiger charge is -2.06. The van der Waals surface area contributed by atoms with E-state index >= 15 is 0 Å². The van der Waals surface area contributed by atoms with Gasteiger partial charge in [-0.05, 0) is 19.1 Å². The van der Waals surface area contributed by atoms with Crippen molar-refractivity contribution >= 4 is 22.9 Å². The van der Waals surface area contributed by atoms with E-state index in [-0.39, 0.29) is 11.3 Å². The Bertz CT molecular complexity index is 582. The fraction of sp³-hybridized carbons (Fsp3) is 0.167. The Morgan fingerprint density at radius 2 is 2.33 bits per heavy atom. The molecule has 6 heteroatoms. The average molecular weight is 265 g/mol. The summed E-state index contributed by atoms with van der Waals surface area (Å²) in [4.78, 5) is 16.0. The normalized spacial score (nSPS) is 10.3. The standard InChI is InChI=1S/C12H12FN3OS/c1-7-16-8(6-18-7)5-15-12(17)9-3-2-4-10(13)11(9)14/h2-4,6H,5,14H2,1H3,(H,15,17). The molecule has 0 saturated carbocycles. The number of hydrogen-bond donors (Lipinski definition) is 2. The number of anilines is 1. The summed E-state index contributed by atoms with van der Waals surface area (Å²) in [6, 6.07) is 4.16. The van der Waals surface area contributed by atoms with Gasteiger partial charge in [0.05, 0.1) is 28.5 Å². The van der Waals surface area contributed by atoms with E-state index < -0.39 is 11.7 Å². The third kappa shape index (κ3) is 2.65. The van der Waals surface area contributed by atoms with Crippen LogP contribution >= 0.6 is 11.3 Å². The number of hydrogen-bond acceptors (Lipinski definition) is 4. The van der Waals surface area contributed by atoms with Crippen LogP contribution in [0.4, 0.5) is 10.1 Å². The second kappa shape index (κ2) is 5.14. The number of halogens is 1. The molecule has 1 amide bonds. The van der Waals surface area contributed by atoms with Crippen molar-refractivity contribution in [3.63, 3.8) is 0 Å².